The number of imidazole rings is 1. The van der Waals surface area contributed by atoms with E-state index >= 15 is 0 Å². The monoisotopic (exact) mass is 297 g/mol. The SMILES string of the molecule is c1cnc2c3ccncc3c3nc(-c4ccncc4)[nH]c3c2c1. The first-order valence-electron chi connectivity index (χ1n) is 7.32. The summed E-state index contributed by atoms with van der Waals surface area (Å²) in [5.41, 5.74) is 3.87. The van der Waals surface area contributed by atoms with E-state index in [1.54, 1.807) is 18.6 Å². The predicted molar refractivity (Wildman–Crippen MR) is 89.9 cm³/mol. The molecule has 0 saturated heterocycles. The Morgan fingerprint density at radius 1 is 0.739 bits per heavy atom. The van der Waals surface area contributed by atoms with Crippen LogP contribution in [0, 0.1) is 0 Å². The summed E-state index contributed by atoms with van der Waals surface area (Å²) in [6, 6.07) is 9.89. The molecule has 5 rings (SSSR count). The molecular formula is C18H11N5. The molecule has 0 amide bonds. The number of H-pyrrole nitrogens is 1. The maximum Gasteiger partial charge on any atom is 0.138 e. The van der Waals surface area contributed by atoms with Crippen LogP contribution >= 0.6 is 0 Å². The van der Waals surface area contributed by atoms with Gasteiger partial charge in [0.2, 0.25) is 0 Å². The van der Waals surface area contributed by atoms with Gasteiger partial charge in [-0.2, -0.15) is 0 Å². The minimum absolute atomic E-state index is 0.823. The molecular weight excluding hydrogens is 286 g/mol. The Labute approximate surface area is 131 Å². The number of fused-ring (bicyclic) bond motifs is 6. The van der Waals surface area contributed by atoms with Crippen molar-refractivity contribution in [3.05, 3.63) is 61.3 Å². The van der Waals surface area contributed by atoms with Crippen molar-refractivity contribution in [3.63, 3.8) is 0 Å². The van der Waals surface area contributed by atoms with Gasteiger partial charge in [-0.05, 0) is 30.3 Å². The molecule has 0 aliphatic rings. The number of hydrogen-bond donors (Lipinski definition) is 1. The van der Waals surface area contributed by atoms with E-state index in [-0.39, 0.29) is 0 Å². The Balaban J connectivity index is 1.99. The van der Waals surface area contributed by atoms with Crippen LogP contribution in [0.3, 0.4) is 0 Å². The highest BCUT2D eigenvalue weighted by Gasteiger charge is 2.14. The van der Waals surface area contributed by atoms with Gasteiger partial charge in [0.15, 0.2) is 0 Å². The summed E-state index contributed by atoms with van der Waals surface area (Å²) >= 11 is 0. The van der Waals surface area contributed by atoms with Crippen molar-refractivity contribution >= 4 is 32.7 Å². The number of pyridine rings is 3. The van der Waals surface area contributed by atoms with Crippen molar-refractivity contribution < 1.29 is 0 Å². The van der Waals surface area contributed by atoms with E-state index < -0.39 is 0 Å². The molecule has 0 unspecified atom stereocenters. The molecule has 0 saturated carbocycles. The van der Waals surface area contributed by atoms with Gasteiger partial charge in [-0.3, -0.25) is 15.0 Å². The molecule has 0 radical (unpaired) electrons. The van der Waals surface area contributed by atoms with E-state index in [0.29, 0.717) is 0 Å². The topological polar surface area (TPSA) is 67.3 Å². The minimum Gasteiger partial charge on any atom is -0.337 e. The van der Waals surface area contributed by atoms with Gasteiger partial charge in [-0.1, -0.05) is 0 Å². The van der Waals surface area contributed by atoms with E-state index in [2.05, 4.69) is 26.0 Å². The van der Waals surface area contributed by atoms with Crippen molar-refractivity contribution in [3.8, 4) is 11.4 Å². The van der Waals surface area contributed by atoms with E-state index in [1.165, 1.54) is 0 Å². The molecule has 5 aromatic rings. The van der Waals surface area contributed by atoms with E-state index in [4.69, 9.17) is 4.98 Å². The Morgan fingerprint density at radius 2 is 1.61 bits per heavy atom. The first-order valence-corrected chi connectivity index (χ1v) is 7.32. The van der Waals surface area contributed by atoms with Gasteiger partial charge in [0, 0.05) is 52.7 Å². The van der Waals surface area contributed by atoms with Crippen molar-refractivity contribution in [2.24, 2.45) is 0 Å². The normalized spacial score (nSPS) is 11.5. The number of hydrogen-bond acceptors (Lipinski definition) is 4. The maximum absolute atomic E-state index is 4.81. The second-order valence-electron chi connectivity index (χ2n) is 5.37. The predicted octanol–water partition coefficient (Wildman–Crippen LogP) is 3.72. The van der Waals surface area contributed by atoms with Crippen LogP contribution in [0.25, 0.3) is 44.1 Å². The lowest BCUT2D eigenvalue weighted by atomic mass is 10.1. The molecule has 4 heterocycles. The summed E-state index contributed by atoms with van der Waals surface area (Å²) in [5.74, 6) is 0.823. The summed E-state index contributed by atoms with van der Waals surface area (Å²) < 4.78 is 0. The van der Waals surface area contributed by atoms with Gasteiger partial charge in [-0.25, -0.2) is 4.98 Å². The Morgan fingerprint density at radius 3 is 2.52 bits per heavy atom. The van der Waals surface area contributed by atoms with Crippen LogP contribution in [0.15, 0.2) is 61.3 Å². The molecule has 0 atom stereocenters. The van der Waals surface area contributed by atoms with Gasteiger partial charge in [0.25, 0.3) is 0 Å². The molecule has 4 aromatic heterocycles. The summed E-state index contributed by atoms with van der Waals surface area (Å²) in [6.45, 7) is 0. The first-order chi connectivity index (χ1) is 11.4. The minimum atomic E-state index is 0.823. The Hall–Kier alpha value is -3.34. The van der Waals surface area contributed by atoms with E-state index in [9.17, 15) is 0 Å². The summed E-state index contributed by atoms with van der Waals surface area (Å²) in [5, 5.41) is 3.13. The van der Waals surface area contributed by atoms with Crippen LogP contribution in [0.2, 0.25) is 0 Å². The first kappa shape index (κ1) is 12.2. The third-order valence-electron chi connectivity index (χ3n) is 4.07. The number of nitrogens with zero attached hydrogens (tertiary/aromatic N) is 4. The maximum atomic E-state index is 4.81. The molecule has 108 valence electrons. The molecule has 0 bridgehead atoms. The number of nitrogens with one attached hydrogen (secondary N) is 1. The molecule has 5 heteroatoms. The molecule has 0 aliphatic carbocycles. The lowest BCUT2D eigenvalue weighted by Gasteiger charge is -2.03. The largest absolute Gasteiger partial charge is 0.337 e. The molecule has 0 fully saturated rings. The summed E-state index contributed by atoms with van der Waals surface area (Å²) in [6.07, 6.45) is 8.99. The zero-order valence-electron chi connectivity index (χ0n) is 12.1. The van der Waals surface area contributed by atoms with E-state index in [1.807, 2.05) is 36.7 Å². The highest BCUT2D eigenvalue weighted by atomic mass is 14.9. The zero-order valence-corrected chi connectivity index (χ0v) is 12.1. The highest BCUT2D eigenvalue weighted by Crippen LogP contribution is 2.33. The van der Waals surface area contributed by atoms with Gasteiger partial charge in [0.05, 0.1) is 16.6 Å². The number of aromatic nitrogens is 5. The second-order valence-corrected chi connectivity index (χ2v) is 5.37. The average molecular weight is 297 g/mol. The third kappa shape index (κ3) is 1.73. The zero-order chi connectivity index (χ0) is 15.2. The van der Waals surface area contributed by atoms with Crippen LogP contribution < -0.4 is 0 Å². The smallest absolute Gasteiger partial charge is 0.138 e. The summed E-state index contributed by atoms with van der Waals surface area (Å²) in [7, 11) is 0. The third-order valence-corrected chi connectivity index (χ3v) is 4.07. The van der Waals surface area contributed by atoms with Crippen LogP contribution in [0.1, 0.15) is 0 Å². The van der Waals surface area contributed by atoms with Crippen LogP contribution in [-0.2, 0) is 0 Å². The highest BCUT2D eigenvalue weighted by molar-refractivity contribution is 6.22. The van der Waals surface area contributed by atoms with Crippen molar-refractivity contribution in [2.45, 2.75) is 0 Å². The molecule has 1 N–H and O–H groups in total. The standard InChI is InChI=1S/C18H11N5/c1-2-13-15(21-6-1)12-5-9-20-10-14(12)17-16(13)22-18(23-17)11-3-7-19-8-4-11/h1-10H,(H,22,23). The quantitative estimate of drug-likeness (QED) is 0.479. The van der Waals surface area contributed by atoms with Crippen LogP contribution in [0.5, 0.6) is 0 Å². The average Bonchev–Trinajstić information content (AvgIpc) is 3.09. The fourth-order valence-electron chi connectivity index (χ4n) is 3.02. The van der Waals surface area contributed by atoms with Crippen molar-refractivity contribution in [2.75, 3.05) is 0 Å². The van der Waals surface area contributed by atoms with Crippen LogP contribution in [0.4, 0.5) is 0 Å². The number of aromatic amines is 1. The lowest BCUT2D eigenvalue weighted by Crippen LogP contribution is -1.85. The number of rotatable bonds is 1. The Bertz CT molecular complexity index is 1090. The second kappa shape index (κ2) is 4.58. The Kier molecular flexibility index (Phi) is 2.43. The van der Waals surface area contributed by atoms with Gasteiger partial charge in [-0.15, -0.1) is 0 Å². The van der Waals surface area contributed by atoms with Gasteiger partial charge in [0.1, 0.15) is 5.82 Å². The molecule has 0 aliphatic heterocycles. The van der Waals surface area contributed by atoms with Crippen LogP contribution in [-0.4, -0.2) is 24.9 Å². The van der Waals surface area contributed by atoms with Crippen molar-refractivity contribution in [1.29, 1.82) is 0 Å². The fourth-order valence-corrected chi connectivity index (χ4v) is 3.02. The van der Waals surface area contributed by atoms with Gasteiger partial charge >= 0.3 is 0 Å². The van der Waals surface area contributed by atoms with E-state index in [0.717, 1.165) is 44.1 Å². The van der Waals surface area contributed by atoms with Gasteiger partial charge < -0.3 is 4.98 Å². The molecule has 5 nitrogen and oxygen atoms in total. The van der Waals surface area contributed by atoms with Crippen molar-refractivity contribution in [1.82, 2.24) is 24.9 Å². The molecule has 1 aromatic carbocycles. The molecule has 23 heavy (non-hydrogen) atoms. The lowest BCUT2D eigenvalue weighted by molar-refractivity contribution is 1.29. The fraction of sp³-hybridized carbons (Fsp3) is 0. The summed E-state index contributed by atoms with van der Waals surface area (Å²) in [4.78, 5) is 21.1. The number of benzene rings is 1. The molecule has 0 spiro atoms.